The quantitative estimate of drug-likeness (QED) is 0.513. The second kappa shape index (κ2) is 8.32. The number of aromatic nitrogens is 1. The number of nitrogens with one attached hydrogen (secondary N) is 1. The van der Waals surface area contributed by atoms with Crippen LogP contribution in [0.4, 0.5) is 5.69 Å². The summed E-state index contributed by atoms with van der Waals surface area (Å²) >= 11 is 12.0. The topological polar surface area (TPSA) is 20.2 Å². The molecule has 2 aromatic carbocycles. The Morgan fingerprint density at radius 2 is 1.93 bits per heavy atom. The van der Waals surface area contributed by atoms with E-state index >= 15 is 0 Å². The number of thiocarbonyl (C=S) groups is 1. The molecule has 0 aliphatic heterocycles. The maximum atomic E-state index is 6.25. The first-order valence-corrected chi connectivity index (χ1v) is 10.1. The minimum absolute atomic E-state index is 0.272. The Labute approximate surface area is 171 Å². The van der Waals surface area contributed by atoms with Crippen molar-refractivity contribution in [3.05, 3.63) is 64.8 Å². The monoisotopic (exact) mass is 399 g/mol. The largest absolute Gasteiger partial charge is 0.347 e. The third-order valence-electron chi connectivity index (χ3n) is 4.95. The van der Waals surface area contributed by atoms with Gasteiger partial charge in [-0.3, -0.25) is 0 Å². The fourth-order valence-electron chi connectivity index (χ4n) is 3.31. The lowest BCUT2D eigenvalue weighted by molar-refractivity contribution is 0.349. The van der Waals surface area contributed by atoms with E-state index in [-0.39, 0.29) is 6.04 Å². The van der Waals surface area contributed by atoms with Crippen LogP contribution in [-0.4, -0.2) is 20.6 Å². The molecule has 5 heteroatoms. The van der Waals surface area contributed by atoms with Crippen molar-refractivity contribution in [1.82, 2.24) is 9.47 Å². The molecule has 0 spiro atoms. The lowest BCUT2D eigenvalue weighted by Crippen LogP contribution is -2.39. The highest BCUT2D eigenvalue weighted by Gasteiger charge is 2.18. The minimum atomic E-state index is 0.272. The van der Waals surface area contributed by atoms with Gasteiger partial charge in [0.2, 0.25) is 0 Å². The van der Waals surface area contributed by atoms with E-state index in [9.17, 15) is 0 Å². The van der Waals surface area contributed by atoms with E-state index in [0.29, 0.717) is 5.11 Å². The van der Waals surface area contributed by atoms with E-state index < -0.39 is 0 Å². The molecular weight excluding hydrogens is 374 g/mol. The van der Waals surface area contributed by atoms with E-state index in [0.717, 1.165) is 29.4 Å². The zero-order valence-corrected chi connectivity index (χ0v) is 17.9. The molecule has 1 heterocycles. The molecule has 0 fully saturated rings. The summed E-state index contributed by atoms with van der Waals surface area (Å²) < 4.78 is 2.29. The molecule has 27 heavy (non-hydrogen) atoms. The first-order valence-electron chi connectivity index (χ1n) is 9.31. The van der Waals surface area contributed by atoms with Gasteiger partial charge >= 0.3 is 0 Å². The van der Waals surface area contributed by atoms with E-state index in [1.54, 1.807) is 0 Å². The Morgan fingerprint density at radius 3 is 2.63 bits per heavy atom. The Hall–Kier alpha value is -2.04. The smallest absolute Gasteiger partial charge is 0.173 e. The second-order valence-electron chi connectivity index (χ2n) is 7.02. The predicted octanol–water partition coefficient (Wildman–Crippen LogP) is 6.23. The predicted molar refractivity (Wildman–Crippen MR) is 121 cm³/mol. The molecule has 0 amide bonds. The lowest BCUT2D eigenvalue weighted by atomic mass is 10.1. The van der Waals surface area contributed by atoms with Crippen molar-refractivity contribution in [3.8, 4) is 0 Å². The minimum Gasteiger partial charge on any atom is -0.347 e. The molecule has 3 aromatic rings. The third kappa shape index (κ3) is 4.12. The van der Waals surface area contributed by atoms with Gasteiger partial charge in [-0.1, -0.05) is 35.9 Å². The number of para-hydroxylation sites is 1. The van der Waals surface area contributed by atoms with Gasteiger partial charge in [0.1, 0.15) is 0 Å². The SMILES string of the molecule is CCn1cc(CN(C(=S)Nc2cccc(Cl)c2C)C(C)C)c2ccccc21. The van der Waals surface area contributed by atoms with Crippen molar-refractivity contribution in [2.24, 2.45) is 0 Å². The van der Waals surface area contributed by atoms with Crippen molar-refractivity contribution >= 4 is 45.5 Å². The normalized spacial score (nSPS) is 11.2. The van der Waals surface area contributed by atoms with Crippen LogP contribution in [0.2, 0.25) is 5.02 Å². The van der Waals surface area contributed by atoms with E-state index in [1.807, 2.05) is 25.1 Å². The van der Waals surface area contributed by atoms with Crippen molar-refractivity contribution < 1.29 is 0 Å². The fourth-order valence-corrected chi connectivity index (χ4v) is 3.87. The van der Waals surface area contributed by atoms with Crippen LogP contribution >= 0.6 is 23.8 Å². The zero-order valence-electron chi connectivity index (χ0n) is 16.3. The van der Waals surface area contributed by atoms with Gasteiger partial charge in [-0.25, -0.2) is 0 Å². The number of hydrogen-bond acceptors (Lipinski definition) is 1. The van der Waals surface area contributed by atoms with Crippen LogP contribution in [0.3, 0.4) is 0 Å². The first kappa shape index (κ1) is 19.7. The van der Waals surface area contributed by atoms with Gasteiger partial charge in [-0.15, -0.1) is 0 Å². The molecule has 0 aliphatic carbocycles. The number of halogens is 1. The first-order chi connectivity index (χ1) is 12.9. The van der Waals surface area contributed by atoms with E-state index in [1.165, 1.54) is 16.5 Å². The van der Waals surface area contributed by atoms with Crippen molar-refractivity contribution in [2.75, 3.05) is 5.32 Å². The van der Waals surface area contributed by atoms with Crippen LogP contribution < -0.4 is 5.32 Å². The van der Waals surface area contributed by atoms with Crippen LogP contribution in [0.1, 0.15) is 31.9 Å². The highest BCUT2D eigenvalue weighted by molar-refractivity contribution is 7.80. The third-order valence-corrected chi connectivity index (χ3v) is 5.69. The number of rotatable bonds is 5. The fraction of sp³-hybridized carbons (Fsp3) is 0.318. The van der Waals surface area contributed by atoms with Gasteiger partial charge in [0.25, 0.3) is 0 Å². The summed E-state index contributed by atoms with van der Waals surface area (Å²) in [7, 11) is 0. The van der Waals surface area contributed by atoms with Gasteiger partial charge in [-0.05, 0) is 69.2 Å². The Balaban J connectivity index is 1.88. The van der Waals surface area contributed by atoms with Crippen LogP contribution in [-0.2, 0) is 13.1 Å². The maximum absolute atomic E-state index is 6.25. The average molecular weight is 400 g/mol. The number of fused-ring (bicyclic) bond motifs is 1. The van der Waals surface area contributed by atoms with Gasteiger partial charge in [0, 0.05) is 46.9 Å². The summed E-state index contributed by atoms with van der Waals surface area (Å²) in [5, 5.41) is 6.12. The van der Waals surface area contributed by atoms with Gasteiger partial charge < -0.3 is 14.8 Å². The van der Waals surface area contributed by atoms with Gasteiger partial charge in [-0.2, -0.15) is 0 Å². The number of aryl methyl sites for hydroxylation is 1. The summed E-state index contributed by atoms with van der Waals surface area (Å²) in [5.41, 5.74) is 4.51. The van der Waals surface area contributed by atoms with E-state index in [4.69, 9.17) is 23.8 Å². The van der Waals surface area contributed by atoms with Crippen molar-refractivity contribution in [3.63, 3.8) is 0 Å². The summed E-state index contributed by atoms with van der Waals surface area (Å²) in [6.07, 6.45) is 2.24. The Kier molecular flexibility index (Phi) is 6.08. The summed E-state index contributed by atoms with van der Waals surface area (Å²) in [6, 6.07) is 14.7. The molecule has 0 atom stereocenters. The molecule has 0 bridgehead atoms. The van der Waals surface area contributed by atoms with Crippen LogP contribution in [0.5, 0.6) is 0 Å². The van der Waals surface area contributed by atoms with Crippen LogP contribution in [0.15, 0.2) is 48.7 Å². The summed E-state index contributed by atoms with van der Waals surface area (Å²) in [6.45, 7) is 10.2. The number of benzene rings is 2. The number of anilines is 1. The van der Waals surface area contributed by atoms with Crippen molar-refractivity contribution in [1.29, 1.82) is 0 Å². The Morgan fingerprint density at radius 1 is 1.19 bits per heavy atom. The summed E-state index contributed by atoms with van der Waals surface area (Å²) in [4.78, 5) is 2.22. The standard InChI is InChI=1S/C22H26ClN3S/c1-5-25-13-17(18-9-6-7-12-21(18)25)14-26(15(2)3)22(27)24-20-11-8-10-19(23)16(20)4/h6-13,15H,5,14H2,1-4H3,(H,24,27). The molecule has 0 radical (unpaired) electrons. The maximum Gasteiger partial charge on any atom is 0.173 e. The van der Waals surface area contributed by atoms with Gasteiger partial charge in [0.15, 0.2) is 5.11 Å². The molecule has 3 nitrogen and oxygen atoms in total. The molecule has 1 aromatic heterocycles. The average Bonchev–Trinajstić information content (AvgIpc) is 3.01. The molecule has 0 unspecified atom stereocenters. The van der Waals surface area contributed by atoms with Gasteiger partial charge in [0.05, 0.1) is 0 Å². The molecule has 1 N–H and O–H groups in total. The number of nitrogens with zero attached hydrogens (tertiary/aromatic N) is 2. The second-order valence-corrected chi connectivity index (χ2v) is 7.82. The highest BCUT2D eigenvalue weighted by atomic mass is 35.5. The molecule has 3 rings (SSSR count). The van der Waals surface area contributed by atoms with Crippen molar-refractivity contribution in [2.45, 2.75) is 46.8 Å². The number of hydrogen-bond donors (Lipinski definition) is 1. The molecule has 0 saturated heterocycles. The van der Waals surface area contributed by atoms with E-state index in [2.05, 4.69) is 66.0 Å². The zero-order chi connectivity index (χ0) is 19.6. The van der Waals surface area contributed by atoms with Crippen LogP contribution in [0, 0.1) is 6.92 Å². The van der Waals surface area contributed by atoms with Crippen LogP contribution in [0.25, 0.3) is 10.9 Å². The summed E-state index contributed by atoms with van der Waals surface area (Å²) in [5.74, 6) is 0. The molecule has 0 saturated carbocycles. The lowest BCUT2D eigenvalue weighted by Gasteiger charge is -2.30. The Bertz CT molecular complexity index is 961. The molecule has 0 aliphatic rings. The highest BCUT2D eigenvalue weighted by Crippen LogP contribution is 2.26. The molecular formula is C22H26ClN3S. The molecule has 142 valence electrons.